The fourth-order valence-corrected chi connectivity index (χ4v) is 2.58. The minimum Gasteiger partial charge on any atom is -0.390 e. The number of halogens is 2. The molecule has 0 aromatic carbocycles. The Labute approximate surface area is 82.3 Å². The zero-order chi connectivity index (χ0) is 10.5. The maximum absolute atomic E-state index is 13.3. The van der Waals surface area contributed by atoms with Crippen LogP contribution in [0.2, 0.25) is 0 Å². The van der Waals surface area contributed by atoms with Crippen molar-refractivity contribution in [1.82, 2.24) is 0 Å². The fraction of sp³-hybridized carbons (Fsp3) is 1.00. The van der Waals surface area contributed by atoms with Crippen LogP contribution in [0.5, 0.6) is 0 Å². The van der Waals surface area contributed by atoms with E-state index in [0.717, 1.165) is 0 Å². The monoisotopic (exact) mass is 206 g/mol. The van der Waals surface area contributed by atoms with Gasteiger partial charge in [-0.25, -0.2) is 8.78 Å². The van der Waals surface area contributed by atoms with Crippen LogP contribution >= 0.6 is 0 Å². The molecule has 0 aromatic heterocycles. The normalized spacial score (nSPS) is 45.9. The average Bonchev–Trinajstić information content (AvgIpc) is 2.30. The predicted octanol–water partition coefficient (Wildman–Crippen LogP) is 1.82. The highest BCUT2D eigenvalue weighted by Gasteiger charge is 2.58. The molecule has 0 aliphatic carbocycles. The molecule has 0 amide bonds. The molecule has 2 fully saturated rings. The van der Waals surface area contributed by atoms with Gasteiger partial charge in [0.1, 0.15) is 6.10 Å². The van der Waals surface area contributed by atoms with Crippen LogP contribution in [0.3, 0.4) is 0 Å². The molecule has 0 aromatic rings. The molecule has 0 radical (unpaired) electrons. The van der Waals surface area contributed by atoms with Crippen molar-refractivity contribution in [3.05, 3.63) is 0 Å². The van der Waals surface area contributed by atoms with Gasteiger partial charge in [0.2, 0.25) is 0 Å². The van der Waals surface area contributed by atoms with Crippen LogP contribution in [0.15, 0.2) is 0 Å². The lowest BCUT2D eigenvalue weighted by molar-refractivity contribution is -0.170. The van der Waals surface area contributed by atoms with Crippen LogP contribution in [0.4, 0.5) is 8.78 Å². The molecule has 0 saturated carbocycles. The molecule has 2 rings (SSSR count). The Bertz CT molecular complexity index is 230. The number of rotatable bonds is 1. The van der Waals surface area contributed by atoms with Crippen molar-refractivity contribution >= 4 is 0 Å². The van der Waals surface area contributed by atoms with Crippen LogP contribution in [0, 0.1) is 11.8 Å². The van der Waals surface area contributed by atoms with E-state index < -0.39 is 18.1 Å². The molecule has 0 spiro atoms. The lowest BCUT2D eigenvalue weighted by Crippen LogP contribution is -2.47. The predicted molar refractivity (Wildman–Crippen MR) is 47.2 cm³/mol. The van der Waals surface area contributed by atoms with Crippen LogP contribution in [-0.2, 0) is 4.74 Å². The van der Waals surface area contributed by atoms with Gasteiger partial charge in [0.25, 0.3) is 5.92 Å². The highest BCUT2D eigenvalue weighted by Crippen LogP contribution is 2.47. The van der Waals surface area contributed by atoms with Crippen molar-refractivity contribution in [3.63, 3.8) is 0 Å². The summed E-state index contributed by atoms with van der Waals surface area (Å²) in [6.07, 6.45) is -2.30. The summed E-state index contributed by atoms with van der Waals surface area (Å²) in [4.78, 5) is 0. The second kappa shape index (κ2) is 3.14. The van der Waals surface area contributed by atoms with Crippen molar-refractivity contribution in [3.8, 4) is 0 Å². The van der Waals surface area contributed by atoms with E-state index in [4.69, 9.17) is 4.74 Å². The third-order valence-electron chi connectivity index (χ3n) is 3.40. The lowest BCUT2D eigenvalue weighted by Gasteiger charge is -2.36. The first-order valence-corrected chi connectivity index (χ1v) is 5.13. The zero-order valence-electron chi connectivity index (χ0n) is 8.41. The SMILES string of the molecule is CC(C)[C@@H]1C[C@H]2CC(F)(F)[C@H](O2)[C@H]1O. The van der Waals surface area contributed by atoms with Crippen LogP contribution < -0.4 is 0 Å². The van der Waals surface area contributed by atoms with Crippen LogP contribution in [0.1, 0.15) is 26.7 Å². The van der Waals surface area contributed by atoms with Crippen molar-refractivity contribution < 1.29 is 18.6 Å². The first kappa shape index (κ1) is 10.3. The van der Waals surface area contributed by atoms with Crippen LogP contribution in [0.25, 0.3) is 0 Å². The van der Waals surface area contributed by atoms with E-state index in [2.05, 4.69) is 0 Å². The van der Waals surface area contributed by atoms with E-state index in [9.17, 15) is 13.9 Å². The summed E-state index contributed by atoms with van der Waals surface area (Å²) in [5, 5.41) is 9.76. The third-order valence-corrected chi connectivity index (χ3v) is 3.40. The fourth-order valence-electron chi connectivity index (χ4n) is 2.58. The number of aliphatic hydroxyl groups is 1. The molecule has 14 heavy (non-hydrogen) atoms. The Balaban J connectivity index is 2.19. The van der Waals surface area contributed by atoms with Crippen molar-refractivity contribution in [1.29, 1.82) is 0 Å². The molecular weight excluding hydrogens is 190 g/mol. The first-order chi connectivity index (χ1) is 6.42. The maximum Gasteiger partial charge on any atom is 0.278 e. The standard InChI is InChI=1S/C10H16F2O2/c1-5(2)7-3-6-4-10(11,12)9(14-6)8(7)13/h5-9,13H,3-4H2,1-2H3/t6-,7-,8-,9+/m0/s1. The minimum atomic E-state index is -2.84. The molecule has 2 aliphatic heterocycles. The molecule has 2 bridgehead atoms. The summed E-state index contributed by atoms with van der Waals surface area (Å²) < 4.78 is 31.7. The molecule has 2 nitrogen and oxygen atoms in total. The molecule has 82 valence electrons. The zero-order valence-corrected chi connectivity index (χ0v) is 8.41. The summed E-state index contributed by atoms with van der Waals surface area (Å²) in [5.41, 5.74) is 0. The van der Waals surface area contributed by atoms with E-state index in [1.807, 2.05) is 13.8 Å². The number of alkyl halides is 2. The number of hydrogen-bond acceptors (Lipinski definition) is 2. The second-order valence-corrected chi connectivity index (χ2v) is 4.78. The molecule has 4 atom stereocenters. The van der Waals surface area contributed by atoms with E-state index in [0.29, 0.717) is 6.42 Å². The summed E-state index contributed by atoms with van der Waals surface area (Å²) in [6, 6.07) is 0. The van der Waals surface area contributed by atoms with Gasteiger partial charge in [-0.3, -0.25) is 0 Å². The molecule has 0 unspecified atom stereocenters. The second-order valence-electron chi connectivity index (χ2n) is 4.78. The Morgan fingerprint density at radius 2 is 2.07 bits per heavy atom. The molecule has 2 saturated heterocycles. The van der Waals surface area contributed by atoms with Gasteiger partial charge in [0, 0.05) is 6.42 Å². The lowest BCUT2D eigenvalue weighted by atomic mass is 9.83. The van der Waals surface area contributed by atoms with E-state index >= 15 is 0 Å². The van der Waals surface area contributed by atoms with Gasteiger partial charge in [-0.05, 0) is 18.3 Å². The van der Waals surface area contributed by atoms with Crippen molar-refractivity contribution in [2.45, 2.75) is 50.9 Å². The third kappa shape index (κ3) is 1.44. The topological polar surface area (TPSA) is 29.5 Å². The highest BCUT2D eigenvalue weighted by atomic mass is 19.3. The van der Waals surface area contributed by atoms with Gasteiger partial charge in [0.05, 0.1) is 12.2 Å². The van der Waals surface area contributed by atoms with Gasteiger partial charge < -0.3 is 9.84 Å². The van der Waals surface area contributed by atoms with E-state index in [1.54, 1.807) is 0 Å². The number of aliphatic hydroxyl groups excluding tert-OH is 1. The molecule has 2 aliphatic rings. The summed E-state index contributed by atoms with van der Waals surface area (Å²) in [7, 11) is 0. The van der Waals surface area contributed by atoms with Gasteiger partial charge >= 0.3 is 0 Å². The summed E-state index contributed by atoms with van der Waals surface area (Å²) in [5.74, 6) is -2.66. The van der Waals surface area contributed by atoms with Gasteiger partial charge in [-0.2, -0.15) is 0 Å². The van der Waals surface area contributed by atoms with E-state index in [-0.39, 0.29) is 24.4 Å². The Kier molecular flexibility index (Phi) is 2.31. The van der Waals surface area contributed by atoms with Gasteiger partial charge in [-0.1, -0.05) is 13.8 Å². The Hall–Kier alpha value is -0.220. The van der Waals surface area contributed by atoms with E-state index in [1.165, 1.54) is 0 Å². The molecular formula is C10H16F2O2. The molecule has 4 heteroatoms. The highest BCUT2D eigenvalue weighted by molar-refractivity contribution is 5.01. The number of fused-ring (bicyclic) bond motifs is 2. The number of ether oxygens (including phenoxy) is 1. The van der Waals surface area contributed by atoms with Gasteiger partial charge in [0.15, 0.2) is 0 Å². The maximum atomic E-state index is 13.3. The number of hydrogen-bond donors (Lipinski definition) is 1. The quantitative estimate of drug-likeness (QED) is 0.709. The summed E-state index contributed by atoms with van der Waals surface area (Å²) in [6.45, 7) is 3.91. The average molecular weight is 206 g/mol. The van der Waals surface area contributed by atoms with Crippen molar-refractivity contribution in [2.24, 2.45) is 11.8 Å². The largest absolute Gasteiger partial charge is 0.390 e. The van der Waals surface area contributed by atoms with Crippen molar-refractivity contribution in [2.75, 3.05) is 0 Å². The smallest absolute Gasteiger partial charge is 0.278 e. The Morgan fingerprint density at radius 3 is 2.64 bits per heavy atom. The summed E-state index contributed by atoms with van der Waals surface area (Å²) >= 11 is 0. The minimum absolute atomic E-state index is 0.0490. The first-order valence-electron chi connectivity index (χ1n) is 5.13. The molecule has 1 N–H and O–H groups in total. The Morgan fingerprint density at radius 1 is 1.43 bits per heavy atom. The van der Waals surface area contributed by atoms with Gasteiger partial charge in [-0.15, -0.1) is 0 Å². The van der Waals surface area contributed by atoms with Crippen LogP contribution in [-0.4, -0.2) is 29.3 Å². The molecule has 2 heterocycles.